The van der Waals surface area contributed by atoms with Gasteiger partial charge < -0.3 is 4.74 Å². The van der Waals surface area contributed by atoms with Crippen molar-refractivity contribution in [1.82, 2.24) is 0 Å². The van der Waals surface area contributed by atoms with Gasteiger partial charge in [0.05, 0.1) is 6.61 Å². The molecule has 17 heavy (non-hydrogen) atoms. The fraction of sp³-hybridized carbons (Fsp3) is 0.286. The number of rotatable bonds is 4. The van der Waals surface area contributed by atoms with Gasteiger partial charge >= 0.3 is 0 Å². The average Bonchev–Trinajstić information content (AvgIpc) is 2.35. The molecule has 0 amide bonds. The van der Waals surface area contributed by atoms with Crippen LogP contribution in [0.5, 0.6) is 5.75 Å². The highest BCUT2D eigenvalue weighted by Crippen LogP contribution is 2.24. The molecular weight excluding hydrogens is 344 g/mol. The summed E-state index contributed by atoms with van der Waals surface area (Å²) in [5.41, 5.74) is 0. The standard InChI is InChI=1S/C14H14Br2O/c1-10(8-15)9-17-14-5-3-11-6-13(16)4-2-12(11)7-14/h2-7,10H,8-9H2,1H3. The minimum atomic E-state index is 0.524. The largest absolute Gasteiger partial charge is 0.493 e. The van der Waals surface area contributed by atoms with Crippen LogP contribution in [0, 0.1) is 5.92 Å². The summed E-state index contributed by atoms with van der Waals surface area (Å²) >= 11 is 6.92. The van der Waals surface area contributed by atoms with Gasteiger partial charge in [-0.1, -0.05) is 50.9 Å². The molecule has 1 atom stereocenters. The van der Waals surface area contributed by atoms with Crippen LogP contribution in [-0.4, -0.2) is 11.9 Å². The summed E-state index contributed by atoms with van der Waals surface area (Å²) in [5, 5.41) is 3.39. The van der Waals surface area contributed by atoms with Crippen molar-refractivity contribution in [3.63, 3.8) is 0 Å². The minimum absolute atomic E-state index is 0.524. The Balaban J connectivity index is 2.17. The molecule has 0 radical (unpaired) electrons. The van der Waals surface area contributed by atoms with Crippen LogP contribution in [0.15, 0.2) is 40.9 Å². The van der Waals surface area contributed by atoms with Crippen LogP contribution in [0.3, 0.4) is 0 Å². The average molecular weight is 358 g/mol. The Bertz CT molecular complexity index is 511. The molecule has 0 saturated carbocycles. The topological polar surface area (TPSA) is 9.23 Å². The molecule has 0 bridgehead atoms. The van der Waals surface area contributed by atoms with E-state index in [1.807, 2.05) is 12.1 Å². The van der Waals surface area contributed by atoms with Crippen molar-refractivity contribution in [2.75, 3.05) is 11.9 Å². The van der Waals surface area contributed by atoms with Crippen LogP contribution in [-0.2, 0) is 0 Å². The van der Waals surface area contributed by atoms with Crippen molar-refractivity contribution in [3.05, 3.63) is 40.9 Å². The van der Waals surface area contributed by atoms with Gasteiger partial charge in [-0.05, 0) is 41.0 Å². The highest BCUT2D eigenvalue weighted by atomic mass is 79.9. The summed E-state index contributed by atoms with van der Waals surface area (Å²) in [7, 11) is 0. The van der Waals surface area contributed by atoms with E-state index in [9.17, 15) is 0 Å². The minimum Gasteiger partial charge on any atom is -0.493 e. The maximum atomic E-state index is 5.76. The predicted octanol–water partition coefficient (Wildman–Crippen LogP) is 5.01. The van der Waals surface area contributed by atoms with Crippen LogP contribution in [0.25, 0.3) is 10.8 Å². The van der Waals surface area contributed by atoms with E-state index in [2.05, 4.69) is 63.0 Å². The maximum Gasteiger partial charge on any atom is 0.119 e. The van der Waals surface area contributed by atoms with Crippen LogP contribution < -0.4 is 4.74 Å². The summed E-state index contributed by atoms with van der Waals surface area (Å²) < 4.78 is 6.86. The van der Waals surface area contributed by atoms with Crippen molar-refractivity contribution < 1.29 is 4.74 Å². The van der Waals surface area contributed by atoms with E-state index < -0.39 is 0 Å². The molecule has 0 aliphatic heterocycles. The zero-order valence-electron chi connectivity index (χ0n) is 9.62. The van der Waals surface area contributed by atoms with Gasteiger partial charge in [0, 0.05) is 9.80 Å². The highest BCUT2D eigenvalue weighted by Gasteiger charge is 2.02. The predicted molar refractivity (Wildman–Crippen MR) is 80.1 cm³/mol. The third kappa shape index (κ3) is 3.46. The molecule has 0 aromatic heterocycles. The first-order chi connectivity index (χ1) is 8.19. The molecule has 0 spiro atoms. The Morgan fingerprint density at radius 3 is 2.59 bits per heavy atom. The van der Waals surface area contributed by atoms with Gasteiger partial charge in [0.2, 0.25) is 0 Å². The SMILES string of the molecule is CC(CBr)COc1ccc2cc(Br)ccc2c1. The Morgan fingerprint density at radius 2 is 1.82 bits per heavy atom. The summed E-state index contributed by atoms with van der Waals surface area (Å²) in [6.07, 6.45) is 0. The zero-order chi connectivity index (χ0) is 12.3. The lowest BCUT2D eigenvalue weighted by Crippen LogP contribution is -2.09. The van der Waals surface area contributed by atoms with E-state index in [1.54, 1.807) is 0 Å². The lowest BCUT2D eigenvalue weighted by molar-refractivity contribution is 0.274. The molecule has 2 rings (SSSR count). The molecule has 0 N–H and O–H groups in total. The normalized spacial score (nSPS) is 12.6. The summed E-state index contributed by atoms with van der Waals surface area (Å²) in [4.78, 5) is 0. The number of hydrogen-bond donors (Lipinski definition) is 0. The summed E-state index contributed by atoms with van der Waals surface area (Å²) in [6, 6.07) is 12.5. The van der Waals surface area contributed by atoms with Crippen molar-refractivity contribution in [2.24, 2.45) is 5.92 Å². The third-order valence-corrected chi connectivity index (χ3v) is 4.17. The molecule has 0 aliphatic carbocycles. The Labute approximate surface area is 118 Å². The molecule has 0 aliphatic rings. The molecule has 0 heterocycles. The second-order valence-electron chi connectivity index (χ2n) is 4.22. The molecule has 2 aromatic carbocycles. The van der Waals surface area contributed by atoms with E-state index in [0.29, 0.717) is 5.92 Å². The Kier molecular flexibility index (Phi) is 4.46. The number of benzene rings is 2. The smallest absolute Gasteiger partial charge is 0.119 e. The van der Waals surface area contributed by atoms with Gasteiger partial charge in [0.1, 0.15) is 5.75 Å². The van der Waals surface area contributed by atoms with Gasteiger partial charge in [-0.25, -0.2) is 0 Å². The van der Waals surface area contributed by atoms with Gasteiger partial charge in [0.25, 0.3) is 0 Å². The molecule has 90 valence electrons. The van der Waals surface area contributed by atoms with Crippen molar-refractivity contribution >= 4 is 42.6 Å². The van der Waals surface area contributed by atoms with E-state index in [4.69, 9.17) is 4.74 Å². The highest BCUT2D eigenvalue weighted by molar-refractivity contribution is 9.10. The first kappa shape index (κ1) is 12.9. The summed E-state index contributed by atoms with van der Waals surface area (Å²) in [5.74, 6) is 1.46. The van der Waals surface area contributed by atoms with Gasteiger partial charge in [-0.2, -0.15) is 0 Å². The lowest BCUT2D eigenvalue weighted by atomic mass is 10.1. The number of halogens is 2. The number of alkyl halides is 1. The fourth-order valence-electron chi connectivity index (χ4n) is 1.57. The fourth-order valence-corrected chi connectivity index (χ4v) is 2.13. The molecule has 1 nitrogen and oxygen atoms in total. The van der Waals surface area contributed by atoms with E-state index in [1.165, 1.54) is 10.8 Å². The Morgan fingerprint density at radius 1 is 1.12 bits per heavy atom. The molecule has 1 unspecified atom stereocenters. The molecule has 0 saturated heterocycles. The van der Waals surface area contributed by atoms with Crippen LogP contribution in [0.4, 0.5) is 0 Å². The maximum absolute atomic E-state index is 5.76. The molecular formula is C14H14Br2O. The second kappa shape index (κ2) is 5.87. The van der Waals surface area contributed by atoms with E-state index in [-0.39, 0.29) is 0 Å². The molecule has 0 fully saturated rings. The van der Waals surface area contributed by atoms with Gasteiger partial charge in [-0.3, -0.25) is 0 Å². The van der Waals surface area contributed by atoms with Gasteiger partial charge in [0.15, 0.2) is 0 Å². The van der Waals surface area contributed by atoms with Crippen molar-refractivity contribution in [1.29, 1.82) is 0 Å². The van der Waals surface area contributed by atoms with Crippen LogP contribution in [0.1, 0.15) is 6.92 Å². The monoisotopic (exact) mass is 356 g/mol. The number of hydrogen-bond acceptors (Lipinski definition) is 1. The first-order valence-corrected chi connectivity index (χ1v) is 7.48. The first-order valence-electron chi connectivity index (χ1n) is 5.57. The number of ether oxygens (including phenoxy) is 1. The van der Waals surface area contributed by atoms with E-state index >= 15 is 0 Å². The van der Waals surface area contributed by atoms with Crippen molar-refractivity contribution in [2.45, 2.75) is 6.92 Å². The van der Waals surface area contributed by atoms with Crippen molar-refractivity contribution in [3.8, 4) is 5.75 Å². The molecule has 3 heteroatoms. The zero-order valence-corrected chi connectivity index (χ0v) is 12.8. The Hall–Kier alpha value is -0.540. The van der Waals surface area contributed by atoms with Gasteiger partial charge in [-0.15, -0.1) is 0 Å². The lowest BCUT2D eigenvalue weighted by Gasteiger charge is -2.11. The summed E-state index contributed by atoms with van der Waals surface area (Å²) in [6.45, 7) is 2.90. The van der Waals surface area contributed by atoms with E-state index in [0.717, 1.165) is 22.2 Å². The quantitative estimate of drug-likeness (QED) is 0.698. The number of fused-ring (bicyclic) bond motifs is 1. The molecule has 2 aromatic rings. The second-order valence-corrected chi connectivity index (χ2v) is 5.79. The third-order valence-electron chi connectivity index (χ3n) is 2.57. The van der Waals surface area contributed by atoms with Crippen LogP contribution >= 0.6 is 31.9 Å². The van der Waals surface area contributed by atoms with Crippen LogP contribution in [0.2, 0.25) is 0 Å².